The van der Waals surface area contributed by atoms with Crippen LogP contribution in [0.3, 0.4) is 0 Å². The summed E-state index contributed by atoms with van der Waals surface area (Å²) in [7, 11) is 0. The molecule has 0 bridgehead atoms. The van der Waals surface area contributed by atoms with E-state index in [2.05, 4.69) is 11.1 Å². The van der Waals surface area contributed by atoms with Gasteiger partial charge in [0, 0.05) is 9.92 Å². The third-order valence-corrected chi connectivity index (χ3v) is 3.03. The van der Waals surface area contributed by atoms with Crippen LogP contribution in [0.25, 0.3) is 0 Å². The molecule has 0 amide bonds. The van der Waals surface area contributed by atoms with Gasteiger partial charge in [-0.05, 0) is 30.7 Å². The van der Waals surface area contributed by atoms with E-state index in [1.165, 1.54) is 10.5 Å². The average molecular weight is 198 g/mol. The van der Waals surface area contributed by atoms with Gasteiger partial charge in [-0.15, -0.1) is 0 Å². The Balaban J connectivity index is 2.43. The molecule has 1 nitrogen and oxygen atoms in total. The van der Waals surface area contributed by atoms with Gasteiger partial charge >= 0.3 is 0 Å². The van der Waals surface area contributed by atoms with Gasteiger partial charge in [-0.25, -0.2) is 0 Å². The lowest BCUT2D eigenvalue weighted by molar-refractivity contribution is 1.02. The molecule has 0 fully saturated rings. The van der Waals surface area contributed by atoms with Crippen LogP contribution in [0, 0.1) is 0 Å². The molecule has 0 saturated carbocycles. The Hall–Kier alpha value is -0.470. The van der Waals surface area contributed by atoms with Gasteiger partial charge in [0.05, 0.1) is 11.6 Å². The minimum Gasteiger partial charge on any atom is -0.278 e. The second-order valence-electron chi connectivity index (χ2n) is 2.69. The first-order chi connectivity index (χ1) is 5.75. The summed E-state index contributed by atoms with van der Waals surface area (Å²) in [6.07, 6.45) is 0. The molecule has 3 heteroatoms. The molecule has 0 spiro atoms. The van der Waals surface area contributed by atoms with Gasteiger partial charge < -0.3 is 0 Å². The van der Waals surface area contributed by atoms with Crippen LogP contribution >= 0.6 is 23.4 Å². The molecule has 0 N–H and O–H groups in total. The Morgan fingerprint density at radius 1 is 1.50 bits per heavy atom. The molecule has 0 aliphatic carbocycles. The lowest BCUT2D eigenvalue weighted by Crippen LogP contribution is -1.97. The third-order valence-electron chi connectivity index (χ3n) is 1.75. The van der Waals surface area contributed by atoms with Crippen LogP contribution in [-0.4, -0.2) is 5.04 Å². The number of halogens is 1. The number of aliphatic imine (C=N–C) groups is 1. The van der Waals surface area contributed by atoms with Gasteiger partial charge in [0.1, 0.15) is 0 Å². The number of nitrogens with zero attached hydrogens (tertiary/aromatic N) is 1. The Morgan fingerprint density at radius 3 is 3.17 bits per heavy atom. The van der Waals surface area contributed by atoms with Crippen molar-refractivity contribution in [1.82, 2.24) is 0 Å². The molecule has 0 saturated heterocycles. The highest BCUT2D eigenvalue weighted by molar-refractivity contribution is 8.14. The van der Waals surface area contributed by atoms with E-state index in [-0.39, 0.29) is 0 Å². The zero-order valence-electron chi connectivity index (χ0n) is 6.67. The molecule has 0 atom stereocenters. The minimum absolute atomic E-state index is 0.773. The van der Waals surface area contributed by atoms with Crippen LogP contribution in [-0.2, 0) is 6.54 Å². The molecular weight excluding hydrogens is 190 g/mol. The molecule has 2 rings (SSSR count). The van der Waals surface area contributed by atoms with Gasteiger partial charge in [-0.1, -0.05) is 23.4 Å². The summed E-state index contributed by atoms with van der Waals surface area (Å²) in [4.78, 5) is 5.62. The fourth-order valence-corrected chi connectivity index (χ4v) is 2.19. The second-order valence-corrected chi connectivity index (χ2v) is 4.36. The number of thioether (sulfide) groups is 1. The quantitative estimate of drug-likeness (QED) is 0.621. The SMILES string of the molecule is CC1=NCc2cc(Cl)ccc2S1. The van der Waals surface area contributed by atoms with Gasteiger partial charge in [-0.3, -0.25) is 4.99 Å². The van der Waals surface area contributed by atoms with Crippen molar-refractivity contribution in [3.63, 3.8) is 0 Å². The summed E-state index contributed by atoms with van der Waals surface area (Å²) in [5.41, 5.74) is 1.23. The number of benzene rings is 1. The third kappa shape index (κ3) is 1.50. The summed E-state index contributed by atoms with van der Waals surface area (Å²) in [5, 5.41) is 1.92. The first kappa shape index (κ1) is 8.14. The number of hydrogen-bond donors (Lipinski definition) is 0. The Kier molecular flexibility index (Phi) is 2.11. The van der Waals surface area contributed by atoms with Crippen LogP contribution in [0.4, 0.5) is 0 Å². The highest BCUT2D eigenvalue weighted by Gasteiger charge is 2.09. The predicted molar refractivity (Wildman–Crippen MR) is 54.1 cm³/mol. The van der Waals surface area contributed by atoms with Crippen LogP contribution in [0.2, 0.25) is 5.02 Å². The zero-order valence-corrected chi connectivity index (χ0v) is 8.25. The molecule has 0 radical (unpaired) electrons. The molecule has 1 aromatic rings. The largest absolute Gasteiger partial charge is 0.278 e. The maximum absolute atomic E-state index is 5.86. The van der Waals surface area contributed by atoms with Crippen molar-refractivity contribution < 1.29 is 0 Å². The first-order valence-electron chi connectivity index (χ1n) is 3.73. The van der Waals surface area contributed by atoms with Crippen LogP contribution in [0.5, 0.6) is 0 Å². The van der Waals surface area contributed by atoms with Gasteiger partial charge in [0.2, 0.25) is 0 Å². The second kappa shape index (κ2) is 3.11. The Bertz CT molecular complexity index is 346. The van der Waals surface area contributed by atoms with E-state index in [0.717, 1.165) is 16.6 Å². The number of hydrogen-bond acceptors (Lipinski definition) is 2. The maximum atomic E-state index is 5.86. The highest BCUT2D eigenvalue weighted by atomic mass is 35.5. The number of fused-ring (bicyclic) bond motifs is 1. The summed E-state index contributed by atoms with van der Waals surface area (Å²) >= 11 is 7.57. The van der Waals surface area contributed by atoms with Crippen molar-refractivity contribution in [1.29, 1.82) is 0 Å². The normalized spacial score (nSPS) is 15.3. The molecule has 1 heterocycles. The smallest absolute Gasteiger partial charge is 0.0696 e. The topological polar surface area (TPSA) is 12.4 Å². The predicted octanol–water partition coefficient (Wildman–Crippen LogP) is 3.36. The van der Waals surface area contributed by atoms with E-state index < -0.39 is 0 Å². The van der Waals surface area contributed by atoms with Crippen molar-refractivity contribution >= 4 is 28.4 Å². The summed E-state index contributed by atoms with van der Waals surface area (Å²) in [5.74, 6) is 0. The summed E-state index contributed by atoms with van der Waals surface area (Å²) < 4.78 is 0. The fraction of sp³-hybridized carbons (Fsp3) is 0.222. The van der Waals surface area contributed by atoms with Crippen molar-refractivity contribution in [3.8, 4) is 0 Å². The first-order valence-corrected chi connectivity index (χ1v) is 4.92. The zero-order chi connectivity index (χ0) is 8.55. The standard InChI is InChI=1S/C9H8ClNS/c1-6-11-5-7-4-8(10)2-3-9(7)12-6/h2-4H,5H2,1H3. The van der Waals surface area contributed by atoms with Gasteiger partial charge in [0.15, 0.2) is 0 Å². The Labute approximate surface area is 80.8 Å². The molecule has 12 heavy (non-hydrogen) atoms. The maximum Gasteiger partial charge on any atom is 0.0696 e. The van der Waals surface area contributed by atoms with Gasteiger partial charge in [0.25, 0.3) is 0 Å². The number of rotatable bonds is 0. The monoisotopic (exact) mass is 197 g/mol. The summed E-state index contributed by atoms with van der Waals surface area (Å²) in [6, 6.07) is 5.96. The van der Waals surface area contributed by atoms with Crippen molar-refractivity contribution in [2.45, 2.75) is 18.4 Å². The summed E-state index contributed by atoms with van der Waals surface area (Å²) in [6.45, 7) is 2.80. The molecule has 0 aromatic heterocycles. The molecular formula is C9H8ClNS. The van der Waals surface area contributed by atoms with E-state index in [1.54, 1.807) is 11.8 Å². The van der Waals surface area contributed by atoms with Crippen molar-refractivity contribution in [2.75, 3.05) is 0 Å². The highest BCUT2D eigenvalue weighted by Crippen LogP contribution is 2.30. The van der Waals surface area contributed by atoms with Crippen LogP contribution in [0.15, 0.2) is 28.1 Å². The van der Waals surface area contributed by atoms with E-state index in [9.17, 15) is 0 Å². The van der Waals surface area contributed by atoms with Crippen LogP contribution in [0.1, 0.15) is 12.5 Å². The van der Waals surface area contributed by atoms with E-state index in [1.807, 2.05) is 19.1 Å². The van der Waals surface area contributed by atoms with Crippen LogP contribution < -0.4 is 0 Å². The molecule has 1 aromatic carbocycles. The average Bonchev–Trinajstić information content (AvgIpc) is 2.05. The van der Waals surface area contributed by atoms with Crippen molar-refractivity contribution in [2.24, 2.45) is 4.99 Å². The lowest BCUT2D eigenvalue weighted by Gasteiger charge is -2.12. The Morgan fingerprint density at radius 2 is 2.33 bits per heavy atom. The lowest BCUT2D eigenvalue weighted by atomic mass is 10.2. The molecule has 0 unspecified atom stereocenters. The molecule has 1 aliphatic heterocycles. The van der Waals surface area contributed by atoms with E-state index in [4.69, 9.17) is 11.6 Å². The molecule has 62 valence electrons. The van der Waals surface area contributed by atoms with E-state index >= 15 is 0 Å². The minimum atomic E-state index is 0.773. The molecule has 1 aliphatic rings. The van der Waals surface area contributed by atoms with E-state index in [0.29, 0.717) is 0 Å². The van der Waals surface area contributed by atoms with Crippen molar-refractivity contribution in [3.05, 3.63) is 28.8 Å². The fourth-order valence-electron chi connectivity index (χ4n) is 1.16. The van der Waals surface area contributed by atoms with Gasteiger partial charge in [-0.2, -0.15) is 0 Å².